The first-order valence-electron chi connectivity index (χ1n) is 11.3. The quantitative estimate of drug-likeness (QED) is 0.608. The fourth-order valence-corrected chi connectivity index (χ4v) is 4.81. The maximum Gasteiger partial charge on any atom is 0.410 e. The van der Waals surface area contributed by atoms with Crippen LogP contribution in [-0.2, 0) is 16.0 Å². The molecule has 174 valence electrons. The van der Waals surface area contributed by atoms with Crippen LogP contribution in [0.15, 0.2) is 24.8 Å². The van der Waals surface area contributed by atoms with Crippen LogP contribution >= 0.6 is 0 Å². The van der Waals surface area contributed by atoms with Crippen LogP contribution in [0.3, 0.4) is 0 Å². The van der Waals surface area contributed by atoms with Crippen molar-refractivity contribution in [3.8, 4) is 0 Å². The molecular formula is C22H28N8O3. The number of hydrogen-bond acceptors (Lipinski definition) is 7. The minimum Gasteiger partial charge on any atom is -0.446 e. The number of nitrogens with zero attached hydrogens (tertiary/aromatic N) is 6. The number of rotatable bonds is 5. The smallest absolute Gasteiger partial charge is 0.410 e. The summed E-state index contributed by atoms with van der Waals surface area (Å²) in [5, 5.41) is 14.1. The van der Waals surface area contributed by atoms with Crippen molar-refractivity contribution < 1.29 is 14.3 Å². The number of carbonyl (C=O) groups is 2. The highest BCUT2D eigenvalue weighted by atomic mass is 16.6. The van der Waals surface area contributed by atoms with Gasteiger partial charge in [0, 0.05) is 42.2 Å². The highest BCUT2D eigenvalue weighted by Crippen LogP contribution is 2.37. The lowest BCUT2D eigenvalue weighted by molar-refractivity contribution is -0.115. The van der Waals surface area contributed by atoms with Crippen LogP contribution in [0.5, 0.6) is 0 Å². The van der Waals surface area contributed by atoms with Crippen LogP contribution in [0.25, 0.3) is 5.78 Å². The van der Waals surface area contributed by atoms with E-state index in [9.17, 15) is 9.59 Å². The van der Waals surface area contributed by atoms with Crippen LogP contribution in [0.1, 0.15) is 63.1 Å². The zero-order valence-electron chi connectivity index (χ0n) is 18.8. The number of amides is 2. The zero-order chi connectivity index (χ0) is 23.0. The molecule has 2 N–H and O–H groups in total. The second-order valence-electron chi connectivity index (χ2n) is 9.48. The van der Waals surface area contributed by atoms with E-state index in [0.29, 0.717) is 11.6 Å². The molecule has 0 bridgehead atoms. The standard InChI is InChI=1S/C22H28N8O3/c1-22(2)6-3-7-29(22)21(32)33-16-5-4-15(9-16)17-10-18(28-27-17)26-19(31)8-14-11-23-20-24-13-25-30(20)12-14/h10-13,15-16H,3-9H2,1-2H3,(H2,26,27,28,31)/t15-,16+/m0/s1. The first kappa shape index (κ1) is 21.4. The fraction of sp³-hybridized carbons (Fsp3) is 0.545. The highest BCUT2D eigenvalue weighted by molar-refractivity contribution is 5.91. The number of nitrogens with one attached hydrogen (secondary N) is 2. The van der Waals surface area contributed by atoms with Gasteiger partial charge in [-0.1, -0.05) is 0 Å². The maximum absolute atomic E-state index is 12.6. The highest BCUT2D eigenvalue weighted by Gasteiger charge is 2.38. The fourth-order valence-electron chi connectivity index (χ4n) is 4.81. The molecule has 1 saturated heterocycles. The number of fused-ring (bicyclic) bond motifs is 1. The van der Waals surface area contributed by atoms with Gasteiger partial charge in [-0.25, -0.2) is 14.3 Å². The predicted octanol–water partition coefficient (Wildman–Crippen LogP) is 2.68. The average molecular weight is 453 g/mol. The van der Waals surface area contributed by atoms with Gasteiger partial charge >= 0.3 is 6.09 Å². The second kappa shape index (κ2) is 8.45. The number of anilines is 1. The Morgan fingerprint density at radius 1 is 1.30 bits per heavy atom. The first-order valence-corrected chi connectivity index (χ1v) is 11.3. The topological polar surface area (TPSA) is 130 Å². The lowest BCUT2D eigenvalue weighted by Gasteiger charge is -2.31. The average Bonchev–Trinajstić information content (AvgIpc) is 3.54. The Labute approximate surface area is 190 Å². The molecule has 1 aliphatic carbocycles. The summed E-state index contributed by atoms with van der Waals surface area (Å²) in [5.41, 5.74) is 1.53. The van der Waals surface area contributed by atoms with Gasteiger partial charge in [-0.3, -0.25) is 9.89 Å². The summed E-state index contributed by atoms with van der Waals surface area (Å²) in [6.07, 6.45) is 9.10. The van der Waals surface area contributed by atoms with Crippen molar-refractivity contribution in [1.29, 1.82) is 0 Å². The second-order valence-corrected chi connectivity index (χ2v) is 9.48. The van der Waals surface area contributed by atoms with Crippen LogP contribution < -0.4 is 5.32 Å². The van der Waals surface area contributed by atoms with Gasteiger partial charge in [-0.2, -0.15) is 15.2 Å². The number of aromatic amines is 1. The molecule has 1 saturated carbocycles. The molecule has 4 heterocycles. The molecule has 0 unspecified atom stereocenters. The first-order chi connectivity index (χ1) is 15.9. The summed E-state index contributed by atoms with van der Waals surface area (Å²) in [6, 6.07) is 1.86. The molecule has 0 radical (unpaired) electrons. The lowest BCUT2D eigenvalue weighted by Crippen LogP contribution is -2.43. The largest absolute Gasteiger partial charge is 0.446 e. The molecule has 5 rings (SSSR count). The molecule has 2 amide bonds. The van der Waals surface area contributed by atoms with E-state index >= 15 is 0 Å². The van der Waals surface area contributed by atoms with E-state index in [-0.39, 0.29) is 36.0 Å². The normalized spacial score (nSPS) is 22.1. The van der Waals surface area contributed by atoms with Gasteiger partial charge in [-0.15, -0.1) is 0 Å². The van der Waals surface area contributed by atoms with E-state index in [1.165, 1.54) is 10.8 Å². The number of ether oxygens (including phenoxy) is 1. The molecule has 2 aliphatic rings. The molecular weight excluding hydrogens is 424 g/mol. The third kappa shape index (κ3) is 4.53. The Balaban J connectivity index is 1.14. The van der Waals surface area contributed by atoms with Gasteiger partial charge in [0.05, 0.1) is 6.42 Å². The number of aromatic nitrogens is 6. The van der Waals surface area contributed by atoms with Gasteiger partial charge in [-0.05, 0) is 51.5 Å². The van der Waals surface area contributed by atoms with E-state index < -0.39 is 0 Å². The van der Waals surface area contributed by atoms with E-state index in [4.69, 9.17) is 4.74 Å². The number of H-pyrrole nitrogens is 1. The van der Waals surface area contributed by atoms with Crippen molar-refractivity contribution in [2.24, 2.45) is 0 Å². The van der Waals surface area contributed by atoms with Crippen molar-refractivity contribution in [3.05, 3.63) is 36.0 Å². The Kier molecular flexibility index (Phi) is 5.47. The van der Waals surface area contributed by atoms with Crippen LogP contribution in [0, 0.1) is 0 Å². The van der Waals surface area contributed by atoms with Crippen molar-refractivity contribution in [2.75, 3.05) is 11.9 Å². The summed E-state index contributed by atoms with van der Waals surface area (Å²) in [7, 11) is 0. The third-order valence-corrected chi connectivity index (χ3v) is 6.63. The Hall–Kier alpha value is -3.50. The van der Waals surface area contributed by atoms with Gasteiger partial charge in [0.2, 0.25) is 5.91 Å². The van der Waals surface area contributed by atoms with Crippen molar-refractivity contribution >= 4 is 23.6 Å². The Bertz CT molecular complexity index is 1170. The molecule has 11 heteroatoms. The monoisotopic (exact) mass is 452 g/mol. The molecule has 33 heavy (non-hydrogen) atoms. The van der Waals surface area contributed by atoms with Crippen LogP contribution in [0.2, 0.25) is 0 Å². The molecule has 3 aromatic heterocycles. The van der Waals surface area contributed by atoms with Gasteiger partial charge in [0.15, 0.2) is 5.82 Å². The van der Waals surface area contributed by atoms with Gasteiger partial charge < -0.3 is 15.0 Å². The molecule has 3 aromatic rings. The minimum atomic E-state index is -0.209. The van der Waals surface area contributed by atoms with Gasteiger partial charge in [0.1, 0.15) is 12.4 Å². The van der Waals surface area contributed by atoms with Crippen molar-refractivity contribution in [2.45, 2.75) is 69.9 Å². The van der Waals surface area contributed by atoms with Crippen molar-refractivity contribution in [1.82, 2.24) is 34.7 Å². The Morgan fingerprint density at radius 2 is 2.18 bits per heavy atom. The third-order valence-electron chi connectivity index (χ3n) is 6.63. The summed E-state index contributed by atoms with van der Waals surface area (Å²) >= 11 is 0. The number of hydrogen-bond donors (Lipinski definition) is 2. The number of carbonyl (C=O) groups excluding carboxylic acids is 2. The van der Waals surface area contributed by atoms with Crippen molar-refractivity contribution in [3.63, 3.8) is 0 Å². The Morgan fingerprint density at radius 3 is 3.00 bits per heavy atom. The van der Waals surface area contributed by atoms with Gasteiger partial charge in [0.25, 0.3) is 5.78 Å². The molecule has 0 spiro atoms. The zero-order valence-corrected chi connectivity index (χ0v) is 18.8. The van der Waals surface area contributed by atoms with Crippen LogP contribution in [-0.4, -0.2) is 64.9 Å². The predicted molar refractivity (Wildman–Crippen MR) is 119 cm³/mol. The summed E-state index contributed by atoms with van der Waals surface area (Å²) in [6.45, 7) is 4.93. The molecule has 11 nitrogen and oxygen atoms in total. The van der Waals surface area contributed by atoms with Crippen LogP contribution in [0.4, 0.5) is 10.6 Å². The molecule has 0 aromatic carbocycles. The maximum atomic E-state index is 12.6. The van der Waals surface area contributed by atoms with E-state index in [2.05, 4.69) is 44.4 Å². The molecule has 2 fully saturated rings. The summed E-state index contributed by atoms with van der Waals surface area (Å²) in [4.78, 5) is 35.1. The van der Waals surface area contributed by atoms with E-state index in [0.717, 1.165) is 49.9 Å². The summed E-state index contributed by atoms with van der Waals surface area (Å²) < 4.78 is 7.34. The SMILES string of the molecule is CC1(C)CCCN1C(=O)O[C@@H]1CC[C@H](c2cc(NC(=O)Cc3cnc4ncnn4c3)n[nH]2)C1. The van der Waals surface area contributed by atoms with E-state index in [1.807, 2.05) is 11.0 Å². The lowest BCUT2D eigenvalue weighted by atomic mass is 10.0. The molecule has 2 atom stereocenters. The minimum absolute atomic E-state index is 0.0977. The molecule has 1 aliphatic heterocycles. The summed E-state index contributed by atoms with van der Waals surface area (Å²) in [5.74, 6) is 0.983. The number of likely N-dealkylation sites (tertiary alicyclic amines) is 1. The van der Waals surface area contributed by atoms with E-state index in [1.54, 1.807) is 12.4 Å².